The van der Waals surface area contributed by atoms with Gasteiger partial charge in [-0.1, -0.05) is 48.0 Å². The van der Waals surface area contributed by atoms with Gasteiger partial charge in [-0.05, 0) is 18.4 Å². The topological polar surface area (TPSA) is 55.0 Å². The molecule has 1 heterocycles. The van der Waals surface area contributed by atoms with Gasteiger partial charge in [-0.2, -0.15) is 0 Å². The number of halogens is 1. The van der Waals surface area contributed by atoms with Gasteiger partial charge < -0.3 is 10.6 Å². The van der Waals surface area contributed by atoms with E-state index in [9.17, 15) is 0 Å². The van der Waals surface area contributed by atoms with Gasteiger partial charge in [0, 0.05) is 11.9 Å². The van der Waals surface area contributed by atoms with E-state index in [1.807, 2.05) is 23.1 Å². The zero-order valence-corrected chi connectivity index (χ0v) is 12.4. The summed E-state index contributed by atoms with van der Waals surface area (Å²) in [5.41, 5.74) is 7.49. The van der Waals surface area contributed by atoms with Crippen molar-refractivity contribution in [3.63, 3.8) is 0 Å². The average molecular weight is 299 g/mol. The first-order valence-corrected chi connectivity index (χ1v) is 7.11. The minimum Gasteiger partial charge on any atom is -0.393 e. The normalized spacial score (nSPS) is 10.8. The predicted octanol–water partition coefficient (Wildman–Crippen LogP) is 4.02. The monoisotopic (exact) mass is 298 g/mol. The summed E-state index contributed by atoms with van der Waals surface area (Å²) in [5, 5.41) is 2.60. The molecule has 2 N–H and O–H groups in total. The maximum atomic E-state index is 6.04. The lowest BCUT2D eigenvalue weighted by atomic mass is 10.1. The van der Waals surface area contributed by atoms with Crippen molar-refractivity contribution >= 4 is 39.6 Å². The number of fused-ring (bicyclic) bond motifs is 1. The maximum absolute atomic E-state index is 6.04. The Morgan fingerprint density at radius 1 is 1.10 bits per heavy atom. The molecule has 2 aromatic carbocycles. The van der Waals surface area contributed by atoms with Crippen molar-refractivity contribution in [1.82, 2.24) is 9.97 Å². The van der Waals surface area contributed by atoms with Crippen LogP contribution in [0.1, 0.15) is 6.92 Å². The lowest BCUT2D eigenvalue weighted by molar-refractivity contribution is 0.984. The molecule has 21 heavy (non-hydrogen) atoms. The number of nitrogen functional groups attached to an aromatic ring is 1. The Labute approximate surface area is 128 Å². The summed E-state index contributed by atoms with van der Waals surface area (Å²) in [5.74, 6) is 0.633. The highest BCUT2D eigenvalue weighted by Crippen LogP contribution is 2.35. The van der Waals surface area contributed by atoms with Crippen LogP contribution in [0, 0.1) is 0 Å². The van der Waals surface area contributed by atoms with E-state index >= 15 is 0 Å². The minimum atomic E-state index is 0.277. The lowest BCUT2D eigenvalue weighted by Gasteiger charge is -2.25. The Morgan fingerprint density at radius 3 is 2.67 bits per heavy atom. The summed E-state index contributed by atoms with van der Waals surface area (Å²) in [7, 11) is 0. The van der Waals surface area contributed by atoms with Gasteiger partial charge in [-0.25, -0.2) is 9.97 Å². The highest BCUT2D eigenvalue weighted by Gasteiger charge is 2.16. The molecule has 1 aromatic heterocycles. The molecule has 0 aliphatic carbocycles. The Bertz CT molecular complexity index is 783. The molecule has 0 aliphatic rings. The molecule has 0 fully saturated rings. The van der Waals surface area contributed by atoms with E-state index in [4.69, 9.17) is 17.3 Å². The highest BCUT2D eigenvalue weighted by molar-refractivity contribution is 6.32. The fraction of sp³-hybridized carbons (Fsp3) is 0.125. The predicted molar refractivity (Wildman–Crippen MR) is 88.1 cm³/mol. The number of hydrogen-bond acceptors (Lipinski definition) is 4. The standard InChI is InChI=1S/C16H15ClN4/c1-2-21(16-14(18)15(17)19-10-20-16)13-9-5-7-11-6-3-4-8-12(11)13/h3-10H,2,18H2,1H3. The van der Waals surface area contributed by atoms with Crippen molar-refractivity contribution in [3.05, 3.63) is 53.9 Å². The number of anilines is 3. The molecular weight excluding hydrogens is 284 g/mol. The summed E-state index contributed by atoms with van der Waals surface area (Å²) < 4.78 is 0. The van der Waals surface area contributed by atoms with Crippen molar-refractivity contribution in [1.29, 1.82) is 0 Å². The Kier molecular flexibility index (Phi) is 3.62. The van der Waals surface area contributed by atoms with E-state index in [0.29, 0.717) is 11.5 Å². The van der Waals surface area contributed by atoms with Gasteiger partial charge >= 0.3 is 0 Å². The fourth-order valence-electron chi connectivity index (χ4n) is 2.46. The van der Waals surface area contributed by atoms with Crippen LogP contribution in [-0.2, 0) is 0 Å². The first-order valence-electron chi connectivity index (χ1n) is 6.73. The van der Waals surface area contributed by atoms with Crippen molar-refractivity contribution in [2.75, 3.05) is 17.2 Å². The largest absolute Gasteiger partial charge is 0.393 e. The van der Waals surface area contributed by atoms with Gasteiger partial charge in [0.05, 0.1) is 5.69 Å². The Balaban J connectivity index is 2.21. The second kappa shape index (κ2) is 5.58. The minimum absolute atomic E-state index is 0.277. The van der Waals surface area contributed by atoms with Crippen LogP contribution < -0.4 is 10.6 Å². The molecule has 0 saturated carbocycles. The second-order valence-electron chi connectivity index (χ2n) is 4.64. The van der Waals surface area contributed by atoms with E-state index in [1.165, 1.54) is 11.7 Å². The van der Waals surface area contributed by atoms with Crippen molar-refractivity contribution in [3.8, 4) is 0 Å². The SMILES string of the molecule is CCN(c1ncnc(Cl)c1N)c1cccc2ccccc12. The van der Waals surface area contributed by atoms with Crippen LogP contribution in [0.25, 0.3) is 10.8 Å². The van der Waals surface area contributed by atoms with E-state index in [1.54, 1.807) is 0 Å². The van der Waals surface area contributed by atoms with Crippen LogP contribution in [-0.4, -0.2) is 16.5 Å². The summed E-state index contributed by atoms with van der Waals surface area (Å²) in [4.78, 5) is 10.3. The van der Waals surface area contributed by atoms with Gasteiger partial charge in [0.25, 0.3) is 0 Å². The molecule has 3 aromatic rings. The molecule has 4 nitrogen and oxygen atoms in total. The first kappa shape index (κ1) is 13.6. The second-order valence-corrected chi connectivity index (χ2v) is 5.00. The quantitative estimate of drug-likeness (QED) is 0.742. The third-order valence-electron chi connectivity index (χ3n) is 3.44. The van der Waals surface area contributed by atoms with Crippen LogP contribution in [0.2, 0.25) is 5.15 Å². The summed E-state index contributed by atoms with van der Waals surface area (Å²) in [6.45, 7) is 2.78. The van der Waals surface area contributed by atoms with Gasteiger partial charge in [0.1, 0.15) is 12.0 Å². The van der Waals surface area contributed by atoms with E-state index < -0.39 is 0 Å². The maximum Gasteiger partial charge on any atom is 0.161 e. The molecule has 0 saturated heterocycles. The number of benzene rings is 2. The summed E-state index contributed by atoms with van der Waals surface area (Å²) in [6, 6.07) is 14.4. The molecule has 0 spiro atoms. The molecule has 0 radical (unpaired) electrons. The van der Waals surface area contributed by atoms with Crippen molar-refractivity contribution in [2.24, 2.45) is 0 Å². The zero-order valence-electron chi connectivity index (χ0n) is 11.6. The van der Waals surface area contributed by atoms with E-state index in [2.05, 4.69) is 41.2 Å². The molecule has 0 aliphatic heterocycles. The third-order valence-corrected chi connectivity index (χ3v) is 3.74. The lowest BCUT2D eigenvalue weighted by Crippen LogP contribution is -2.19. The van der Waals surface area contributed by atoms with Crippen molar-refractivity contribution in [2.45, 2.75) is 6.92 Å². The zero-order chi connectivity index (χ0) is 14.8. The van der Waals surface area contributed by atoms with Crippen LogP contribution in [0.15, 0.2) is 48.8 Å². The van der Waals surface area contributed by atoms with Crippen molar-refractivity contribution < 1.29 is 0 Å². The number of hydrogen-bond donors (Lipinski definition) is 1. The number of rotatable bonds is 3. The molecule has 0 amide bonds. The molecule has 0 bridgehead atoms. The van der Waals surface area contributed by atoms with Gasteiger partial charge in [0.15, 0.2) is 11.0 Å². The van der Waals surface area contributed by atoms with Crippen LogP contribution >= 0.6 is 11.6 Å². The van der Waals surface area contributed by atoms with Crippen LogP contribution in [0.4, 0.5) is 17.2 Å². The van der Waals surface area contributed by atoms with Gasteiger partial charge in [-0.3, -0.25) is 0 Å². The number of aromatic nitrogens is 2. The molecule has 5 heteroatoms. The highest BCUT2D eigenvalue weighted by atomic mass is 35.5. The fourth-order valence-corrected chi connectivity index (χ4v) is 2.59. The number of nitrogens with two attached hydrogens (primary N) is 1. The molecule has 3 rings (SSSR count). The Hall–Kier alpha value is -2.33. The first-order chi connectivity index (χ1) is 10.2. The number of nitrogens with zero attached hydrogens (tertiary/aromatic N) is 3. The molecule has 0 atom stereocenters. The van der Waals surface area contributed by atoms with Crippen LogP contribution in [0.3, 0.4) is 0 Å². The Morgan fingerprint density at radius 2 is 1.86 bits per heavy atom. The summed E-state index contributed by atoms with van der Waals surface area (Å²) >= 11 is 6.02. The van der Waals surface area contributed by atoms with E-state index in [0.717, 1.165) is 17.6 Å². The average Bonchev–Trinajstić information content (AvgIpc) is 2.52. The molecule has 0 unspecified atom stereocenters. The van der Waals surface area contributed by atoms with E-state index in [-0.39, 0.29) is 5.15 Å². The van der Waals surface area contributed by atoms with Gasteiger partial charge in [0.2, 0.25) is 0 Å². The smallest absolute Gasteiger partial charge is 0.161 e. The summed E-state index contributed by atoms with van der Waals surface area (Å²) in [6.07, 6.45) is 1.43. The molecule has 106 valence electrons. The van der Waals surface area contributed by atoms with Gasteiger partial charge in [-0.15, -0.1) is 0 Å². The third kappa shape index (κ3) is 2.38. The molecular formula is C16H15ClN4. The van der Waals surface area contributed by atoms with Crippen LogP contribution in [0.5, 0.6) is 0 Å².